The monoisotopic (exact) mass is 668 g/mol. The van der Waals surface area contributed by atoms with E-state index < -0.39 is 5.41 Å². The van der Waals surface area contributed by atoms with Gasteiger partial charge in [0.05, 0.1) is 0 Å². The Morgan fingerprint density at radius 1 is 0.388 bits per heavy atom. The van der Waals surface area contributed by atoms with Crippen LogP contribution in [-0.4, -0.2) is 50.1 Å². The average molecular weight is 669 g/mol. The zero-order valence-electron chi connectivity index (χ0n) is 27.8. The highest BCUT2D eigenvalue weighted by Gasteiger charge is 2.36. The number of benzene rings is 4. The fourth-order valence-electron chi connectivity index (χ4n) is 4.55. The molecule has 0 radical (unpaired) electrons. The van der Waals surface area contributed by atoms with Gasteiger partial charge < -0.3 is 40.2 Å². The van der Waals surface area contributed by atoms with Gasteiger partial charge >= 0.3 is 0 Å². The van der Waals surface area contributed by atoms with Crippen molar-refractivity contribution in [1.82, 2.24) is 0 Å². The summed E-state index contributed by atoms with van der Waals surface area (Å²) in [5.41, 5.74) is 1.63. The van der Waals surface area contributed by atoms with Gasteiger partial charge in [-0.15, -0.1) is 0 Å². The van der Waals surface area contributed by atoms with Crippen LogP contribution < -0.4 is 40.2 Å². The third-order valence-electron chi connectivity index (χ3n) is 6.88. The van der Waals surface area contributed by atoms with Crippen LogP contribution in [0.15, 0.2) is 97.1 Å². The smallest absolute Gasteiger partial charge is 0.221 e. The molecule has 256 valence electrons. The van der Waals surface area contributed by atoms with Gasteiger partial charge in [-0.05, 0) is 97.1 Å². The molecule has 4 amide bonds. The molecule has 0 heterocycles. The molecule has 0 saturated heterocycles. The number of rotatable bonds is 16. The average Bonchev–Trinajstić information content (AvgIpc) is 3.06. The molecule has 12 nitrogen and oxygen atoms in total. The van der Waals surface area contributed by atoms with Crippen LogP contribution in [0.3, 0.4) is 0 Å². The van der Waals surface area contributed by atoms with Crippen molar-refractivity contribution in [2.75, 3.05) is 47.7 Å². The molecule has 0 atom stereocenters. The minimum atomic E-state index is -0.904. The van der Waals surface area contributed by atoms with Crippen molar-refractivity contribution < 1.29 is 38.1 Å². The van der Waals surface area contributed by atoms with E-state index >= 15 is 0 Å². The predicted molar refractivity (Wildman–Crippen MR) is 187 cm³/mol. The van der Waals surface area contributed by atoms with E-state index in [9.17, 15) is 19.2 Å². The van der Waals surface area contributed by atoms with E-state index in [0.29, 0.717) is 45.7 Å². The van der Waals surface area contributed by atoms with E-state index in [-0.39, 0.29) is 50.1 Å². The zero-order valence-corrected chi connectivity index (χ0v) is 27.8. The maximum Gasteiger partial charge on any atom is 0.221 e. The Kier molecular flexibility index (Phi) is 12.6. The van der Waals surface area contributed by atoms with Crippen LogP contribution in [0.25, 0.3) is 0 Å². The summed E-state index contributed by atoms with van der Waals surface area (Å²) < 4.78 is 25.2. The highest BCUT2D eigenvalue weighted by atomic mass is 16.5. The Labute approximate surface area is 285 Å². The molecule has 4 aromatic carbocycles. The van der Waals surface area contributed by atoms with Gasteiger partial charge in [-0.25, -0.2) is 0 Å². The third kappa shape index (κ3) is 12.2. The van der Waals surface area contributed by atoms with E-state index in [0.717, 1.165) is 0 Å². The van der Waals surface area contributed by atoms with E-state index in [1.807, 2.05) is 0 Å². The molecule has 0 bridgehead atoms. The van der Waals surface area contributed by atoms with Crippen LogP contribution in [-0.2, 0) is 19.2 Å². The van der Waals surface area contributed by atoms with E-state index in [1.165, 1.54) is 27.7 Å². The first-order valence-corrected chi connectivity index (χ1v) is 15.5. The van der Waals surface area contributed by atoms with Crippen LogP contribution in [0, 0.1) is 5.41 Å². The normalized spacial score (nSPS) is 10.7. The Hall–Kier alpha value is -6.04. The summed E-state index contributed by atoms with van der Waals surface area (Å²) in [6.45, 7) is 6.16. The number of amides is 4. The van der Waals surface area contributed by atoms with Crippen molar-refractivity contribution in [2.24, 2.45) is 5.41 Å². The van der Waals surface area contributed by atoms with E-state index in [2.05, 4.69) is 21.3 Å². The largest absolute Gasteiger partial charge is 0.493 e. The fourth-order valence-corrected chi connectivity index (χ4v) is 4.55. The van der Waals surface area contributed by atoms with Gasteiger partial charge in [0.25, 0.3) is 0 Å². The summed E-state index contributed by atoms with van der Waals surface area (Å²) in [7, 11) is 0. The molecule has 0 fully saturated rings. The van der Waals surface area contributed by atoms with Crippen LogP contribution in [0.4, 0.5) is 22.7 Å². The highest BCUT2D eigenvalue weighted by molar-refractivity contribution is 5.90. The zero-order chi connectivity index (χ0) is 35.2. The lowest BCUT2D eigenvalue weighted by Gasteiger charge is -2.33. The van der Waals surface area contributed by atoms with Crippen molar-refractivity contribution in [3.63, 3.8) is 0 Å². The van der Waals surface area contributed by atoms with E-state index in [4.69, 9.17) is 18.9 Å². The van der Waals surface area contributed by atoms with Gasteiger partial charge in [0, 0.05) is 50.4 Å². The second-order valence-corrected chi connectivity index (χ2v) is 11.5. The Bertz CT molecular complexity index is 1450. The molecule has 49 heavy (non-hydrogen) atoms. The number of nitrogens with one attached hydrogen (secondary N) is 4. The van der Waals surface area contributed by atoms with Crippen molar-refractivity contribution in [3.05, 3.63) is 97.1 Å². The maximum atomic E-state index is 11.5. The quantitative estimate of drug-likeness (QED) is 0.111. The lowest BCUT2D eigenvalue weighted by molar-refractivity contribution is -0.115. The van der Waals surface area contributed by atoms with E-state index in [1.54, 1.807) is 97.1 Å². The lowest BCUT2D eigenvalue weighted by atomic mass is 9.92. The summed E-state index contributed by atoms with van der Waals surface area (Å²) in [6.07, 6.45) is 0. The molecule has 4 rings (SSSR count). The topological polar surface area (TPSA) is 153 Å². The minimum Gasteiger partial charge on any atom is -0.493 e. The number of carbonyl (C=O) groups excluding carboxylic acids is 4. The number of ether oxygens (including phenoxy) is 4. The summed E-state index contributed by atoms with van der Waals surface area (Å²) in [5, 5.41) is 11.0. The molecule has 4 N–H and O–H groups in total. The first-order chi connectivity index (χ1) is 23.5. The van der Waals surface area contributed by atoms with Crippen LogP contribution in [0.5, 0.6) is 23.0 Å². The molecule has 0 aliphatic carbocycles. The summed E-state index contributed by atoms with van der Waals surface area (Å²) in [6, 6.07) is 27.9. The molecule has 12 heteroatoms. The first kappa shape index (κ1) is 35.8. The number of carbonyl (C=O) groups is 4. The standard InChI is InChI=1S/C37H40N4O8/c1-25(42)38-29-5-13-33(14-6-29)46-21-37(22-47-34-15-7-30(8-16-34)39-26(2)43,23-48-35-17-9-31(10-18-35)40-27(3)44)24-49-36-19-11-32(12-20-36)41-28(4)45/h5-20H,21-24H2,1-4H3,(H,38,42)(H,39,43)(H,40,44)(H,41,45). The molecule has 0 aliphatic rings. The molecular formula is C37H40N4O8. The molecule has 0 aliphatic heterocycles. The lowest BCUT2D eigenvalue weighted by Crippen LogP contribution is -2.45. The van der Waals surface area contributed by atoms with Gasteiger partial charge in [0.15, 0.2) is 0 Å². The first-order valence-electron chi connectivity index (χ1n) is 15.5. The van der Waals surface area contributed by atoms with Crippen molar-refractivity contribution >= 4 is 46.4 Å². The number of hydrogen-bond donors (Lipinski definition) is 4. The van der Waals surface area contributed by atoms with Gasteiger partial charge in [-0.3, -0.25) is 19.2 Å². The predicted octanol–water partition coefficient (Wildman–Crippen LogP) is 6.12. The summed E-state index contributed by atoms with van der Waals surface area (Å²) in [5.74, 6) is 1.49. The Morgan fingerprint density at radius 3 is 0.735 bits per heavy atom. The van der Waals surface area contributed by atoms with Crippen LogP contribution in [0.1, 0.15) is 27.7 Å². The molecule has 0 aromatic heterocycles. The van der Waals surface area contributed by atoms with Crippen LogP contribution >= 0.6 is 0 Å². The molecule has 4 aromatic rings. The SMILES string of the molecule is CC(=O)Nc1ccc(OCC(COc2ccc(NC(C)=O)cc2)(COc2ccc(NC(C)=O)cc2)COc2ccc(NC(C)=O)cc2)cc1. The highest BCUT2D eigenvalue weighted by Crippen LogP contribution is 2.28. The minimum absolute atomic E-state index is 0.102. The third-order valence-corrected chi connectivity index (χ3v) is 6.88. The number of hydrogen-bond acceptors (Lipinski definition) is 8. The molecule has 0 saturated carbocycles. The van der Waals surface area contributed by atoms with Crippen molar-refractivity contribution in [1.29, 1.82) is 0 Å². The summed E-state index contributed by atoms with van der Waals surface area (Å²) in [4.78, 5) is 45.9. The molecule has 0 spiro atoms. The molecule has 0 unspecified atom stereocenters. The fraction of sp³-hybridized carbons (Fsp3) is 0.243. The second kappa shape index (κ2) is 17.2. The number of anilines is 4. The Morgan fingerprint density at radius 2 is 0.571 bits per heavy atom. The van der Waals surface area contributed by atoms with Crippen molar-refractivity contribution in [2.45, 2.75) is 27.7 Å². The van der Waals surface area contributed by atoms with Gasteiger partial charge in [-0.1, -0.05) is 0 Å². The second-order valence-electron chi connectivity index (χ2n) is 11.5. The van der Waals surface area contributed by atoms with Crippen molar-refractivity contribution in [3.8, 4) is 23.0 Å². The summed E-state index contributed by atoms with van der Waals surface area (Å²) >= 11 is 0. The maximum absolute atomic E-state index is 11.5. The molecular weight excluding hydrogens is 628 g/mol. The Balaban J connectivity index is 1.60. The van der Waals surface area contributed by atoms with Gasteiger partial charge in [0.1, 0.15) is 54.8 Å². The van der Waals surface area contributed by atoms with Gasteiger partial charge in [-0.2, -0.15) is 0 Å². The van der Waals surface area contributed by atoms with Crippen LogP contribution in [0.2, 0.25) is 0 Å². The van der Waals surface area contributed by atoms with Gasteiger partial charge in [0.2, 0.25) is 23.6 Å².